The number of sulfonamides is 1. The number of nitrogens with one attached hydrogen (secondary N) is 2. The normalized spacial score (nSPS) is 23.2. The molecule has 2 aliphatic rings. The average Bonchev–Trinajstić information content (AvgIpc) is 2.97. The molecule has 1 aliphatic carbocycles. The molecule has 98 valence electrons. The predicted molar refractivity (Wildman–Crippen MR) is 70.1 cm³/mol. The van der Waals surface area contributed by atoms with Gasteiger partial charge in [-0.25, -0.2) is 13.1 Å². The molecule has 0 bridgehead atoms. The molecule has 5 heteroatoms. The highest BCUT2D eigenvalue weighted by atomic mass is 32.2. The number of hydrogen-bond donors (Lipinski definition) is 2. The molecule has 0 saturated carbocycles. The van der Waals surface area contributed by atoms with Crippen LogP contribution in [0.3, 0.4) is 0 Å². The molecule has 1 aromatic carbocycles. The Balaban J connectivity index is 1.84. The number of hydrogen-bond acceptors (Lipinski definition) is 3. The van der Waals surface area contributed by atoms with Crippen LogP contribution < -0.4 is 10.0 Å². The third-order valence-electron chi connectivity index (χ3n) is 3.76. The maximum absolute atomic E-state index is 12.2. The van der Waals surface area contributed by atoms with Crippen molar-refractivity contribution in [1.29, 1.82) is 0 Å². The predicted octanol–water partition coefficient (Wildman–Crippen LogP) is 0.816. The third-order valence-corrected chi connectivity index (χ3v) is 5.28. The highest BCUT2D eigenvalue weighted by Crippen LogP contribution is 2.24. The minimum atomic E-state index is -3.36. The number of rotatable bonds is 3. The first-order chi connectivity index (χ1) is 8.65. The Kier molecular flexibility index (Phi) is 3.13. The van der Waals surface area contributed by atoms with Gasteiger partial charge in [0.05, 0.1) is 4.90 Å². The van der Waals surface area contributed by atoms with Gasteiger partial charge in [-0.05, 0) is 55.5 Å². The monoisotopic (exact) mass is 266 g/mol. The van der Waals surface area contributed by atoms with Gasteiger partial charge in [0.2, 0.25) is 10.0 Å². The van der Waals surface area contributed by atoms with Crippen LogP contribution in [0, 0.1) is 0 Å². The Bertz CT molecular complexity index is 548. The molecular formula is C13H18N2O2S. The van der Waals surface area contributed by atoms with Crippen LogP contribution in [0.15, 0.2) is 23.1 Å². The lowest BCUT2D eigenvalue weighted by atomic mass is 10.1. The van der Waals surface area contributed by atoms with Gasteiger partial charge in [0.15, 0.2) is 0 Å². The third kappa shape index (κ3) is 2.30. The van der Waals surface area contributed by atoms with Crippen LogP contribution in [-0.4, -0.2) is 27.5 Å². The molecule has 0 amide bonds. The van der Waals surface area contributed by atoms with Gasteiger partial charge in [-0.3, -0.25) is 0 Å². The SMILES string of the molecule is O=S(=O)(N[C@H]1CCNC1)c1ccc2c(c1)CCC2. The summed E-state index contributed by atoms with van der Waals surface area (Å²) in [5.74, 6) is 0. The molecule has 3 rings (SSSR count). The first-order valence-electron chi connectivity index (χ1n) is 6.50. The van der Waals surface area contributed by atoms with E-state index in [0.29, 0.717) is 4.90 Å². The van der Waals surface area contributed by atoms with Crippen molar-refractivity contribution in [3.63, 3.8) is 0 Å². The molecule has 0 unspecified atom stereocenters. The zero-order valence-electron chi connectivity index (χ0n) is 10.3. The Morgan fingerprint density at radius 2 is 2.06 bits per heavy atom. The smallest absolute Gasteiger partial charge is 0.240 e. The van der Waals surface area contributed by atoms with Gasteiger partial charge in [0, 0.05) is 12.6 Å². The molecule has 1 atom stereocenters. The van der Waals surface area contributed by atoms with Crippen LogP contribution in [0.4, 0.5) is 0 Å². The highest BCUT2D eigenvalue weighted by molar-refractivity contribution is 7.89. The fourth-order valence-electron chi connectivity index (χ4n) is 2.76. The fraction of sp³-hybridized carbons (Fsp3) is 0.538. The summed E-state index contributed by atoms with van der Waals surface area (Å²) in [7, 11) is -3.36. The number of aryl methyl sites for hydroxylation is 2. The molecular weight excluding hydrogens is 248 g/mol. The van der Waals surface area contributed by atoms with Gasteiger partial charge in [-0.2, -0.15) is 0 Å². The van der Waals surface area contributed by atoms with Crippen LogP contribution >= 0.6 is 0 Å². The van der Waals surface area contributed by atoms with Gasteiger partial charge in [0.1, 0.15) is 0 Å². The molecule has 1 aliphatic heterocycles. The maximum Gasteiger partial charge on any atom is 0.240 e. The van der Waals surface area contributed by atoms with Gasteiger partial charge < -0.3 is 5.32 Å². The van der Waals surface area contributed by atoms with Crippen LogP contribution in [-0.2, 0) is 22.9 Å². The van der Waals surface area contributed by atoms with E-state index in [1.807, 2.05) is 12.1 Å². The maximum atomic E-state index is 12.2. The molecule has 1 fully saturated rings. The zero-order valence-corrected chi connectivity index (χ0v) is 11.1. The van der Waals surface area contributed by atoms with Crippen LogP contribution in [0.5, 0.6) is 0 Å². The van der Waals surface area contributed by atoms with Crippen molar-refractivity contribution in [2.45, 2.75) is 36.6 Å². The first-order valence-corrected chi connectivity index (χ1v) is 7.98. The lowest BCUT2D eigenvalue weighted by Gasteiger charge is -2.12. The van der Waals surface area contributed by atoms with E-state index in [1.165, 1.54) is 11.1 Å². The van der Waals surface area contributed by atoms with E-state index in [-0.39, 0.29) is 6.04 Å². The number of fused-ring (bicyclic) bond motifs is 1. The van der Waals surface area contributed by atoms with Crippen molar-refractivity contribution in [2.24, 2.45) is 0 Å². The lowest BCUT2D eigenvalue weighted by Crippen LogP contribution is -2.36. The molecule has 1 aromatic rings. The lowest BCUT2D eigenvalue weighted by molar-refractivity contribution is 0.560. The molecule has 1 heterocycles. The van der Waals surface area contributed by atoms with Crippen molar-refractivity contribution in [3.05, 3.63) is 29.3 Å². The fourth-order valence-corrected chi connectivity index (χ4v) is 4.08. The van der Waals surface area contributed by atoms with Crippen molar-refractivity contribution in [2.75, 3.05) is 13.1 Å². The van der Waals surface area contributed by atoms with Crippen LogP contribution in [0.1, 0.15) is 24.0 Å². The van der Waals surface area contributed by atoms with E-state index in [4.69, 9.17) is 0 Å². The molecule has 1 saturated heterocycles. The van der Waals surface area contributed by atoms with Gasteiger partial charge in [0.25, 0.3) is 0 Å². The molecule has 0 aromatic heterocycles. The van der Waals surface area contributed by atoms with E-state index >= 15 is 0 Å². The second-order valence-corrected chi connectivity index (χ2v) is 6.81. The summed E-state index contributed by atoms with van der Waals surface area (Å²) in [5.41, 5.74) is 2.50. The van der Waals surface area contributed by atoms with E-state index in [9.17, 15) is 8.42 Å². The highest BCUT2D eigenvalue weighted by Gasteiger charge is 2.23. The first kappa shape index (κ1) is 12.1. The zero-order chi connectivity index (χ0) is 12.6. The number of benzene rings is 1. The summed E-state index contributed by atoms with van der Waals surface area (Å²) in [6, 6.07) is 5.56. The molecule has 0 radical (unpaired) electrons. The summed E-state index contributed by atoms with van der Waals surface area (Å²) in [6.07, 6.45) is 4.09. The van der Waals surface area contributed by atoms with Gasteiger partial charge >= 0.3 is 0 Å². The van der Waals surface area contributed by atoms with E-state index in [0.717, 1.165) is 38.8 Å². The summed E-state index contributed by atoms with van der Waals surface area (Å²) < 4.78 is 27.3. The summed E-state index contributed by atoms with van der Waals surface area (Å²) >= 11 is 0. The average molecular weight is 266 g/mol. The molecule has 0 spiro atoms. The molecule has 4 nitrogen and oxygen atoms in total. The van der Waals surface area contributed by atoms with E-state index in [1.54, 1.807) is 6.07 Å². The van der Waals surface area contributed by atoms with Crippen molar-refractivity contribution >= 4 is 10.0 Å². The summed E-state index contributed by atoms with van der Waals surface area (Å²) in [5, 5.41) is 3.16. The molecule has 18 heavy (non-hydrogen) atoms. The Labute approximate surface area is 108 Å². The van der Waals surface area contributed by atoms with E-state index < -0.39 is 10.0 Å². The largest absolute Gasteiger partial charge is 0.315 e. The Hall–Kier alpha value is -0.910. The quantitative estimate of drug-likeness (QED) is 0.851. The Morgan fingerprint density at radius 1 is 1.22 bits per heavy atom. The minimum absolute atomic E-state index is 0.0308. The van der Waals surface area contributed by atoms with Gasteiger partial charge in [-0.1, -0.05) is 6.07 Å². The Morgan fingerprint density at radius 3 is 2.83 bits per heavy atom. The van der Waals surface area contributed by atoms with E-state index in [2.05, 4.69) is 10.0 Å². The van der Waals surface area contributed by atoms with Crippen LogP contribution in [0.25, 0.3) is 0 Å². The van der Waals surface area contributed by atoms with Crippen molar-refractivity contribution in [1.82, 2.24) is 10.0 Å². The second-order valence-electron chi connectivity index (χ2n) is 5.10. The van der Waals surface area contributed by atoms with Crippen molar-refractivity contribution < 1.29 is 8.42 Å². The molecule has 2 N–H and O–H groups in total. The summed E-state index contributed by atoms with van der Waals surface area (Å²) in [6.45, 7) is 1.61. The second kappa shape index (κ2) is 4.64. The van der Waals surface area contributed by atoms with Gasteiger partial charge in [-0.15, -0.1) is 0 Å². The standard InChI is InChI=1S/C13H18N2O2S/c16-18(17,15-12-6-7-14-9-12)13-5-4-10-2-1-3-11(10)8-13/h4-5,8,12,14-15H,1-3,6-7,9H2/t12-/m0/s1. The minimum Gasteiger partial charge on any atom is -0.315 e. The topological polar surface area (TPSA) is 58.2 Å². The van der Waals surface area contributed by atoms with Crippen LogP contribution in [0.2, 0.25) is 0 Å². The summed E-state index contributed by atoms with van der Waals surface area (Å²) in [4.78, 5) is 0.412. The van der Waals surface area contributed by atoms with Crippen molar-refractivity contribution in [3.8, 4) is 0 Å².